The number of ether oxygens (including phenoxy) is 2. The summed E-state index contributed by atoms with van der Waals surface area (Å²) < 4.78 is 11.6. The number of rotatable bonds is 8. The number of aromatic nitrogens is 2. The van der Waals surface area contributed by atoms with Crippen molar-refractivity contribution in [1.82, 2.24) is 9.55 Å². The van der Waals surface area contributed by atoms with Gasteiger partial charge >= 0.3 is 5.97 Å². The highest BCUT2D eigenvalue weighted by molar-refractivity contribution is 6.07. The minimum atomic E-state index is -0.750. The van der Waals surface area contributed by atoms with Crippen LogP contribution in [0, 0.1) is 0 Å². The number of amides is 1. The Kier molecular flexibility index (Phi) is 6.81. The topological polar surface area (TPSA) is 99.5 Å². The van der Waals surface area contributed by atoms with Crippen molar-refractivity contribution in [3.05, 3.63) is 77.9 Å². The normalized spacial score (nSPS) is 11.5. The number of methoxy groups -OCH3 is 2. The molecule has 0 bridgehead atoms. The lowest BCUT2D eigenvalue weighted by molar-refractivity contribution is -0.143. The average molecular weight is 421 g/mol. The first-order valence-corrected chi connectivity index (χ1v) is 9.56. The van der Waals surface area contributed by atoms with Gasteiger partial charge in [-0.2, -0.15) is 0 Å². The molecular formula is C23H23N3O5. The highest BCUT2D eigenvalue weighted by Crippen LogP contribution is 2.24. The summed E-state index contributed by atoms with van der Waals surface area (Å²) in [5.74, 6) is -0.837. The van der Waals surface area contributed by atoms with Crippen molar-refractivity contribution < 1.29 is 23.9 Å². The summed E-state index contributed by atoms with van der Waals surface area (Å²) in [5, 5.41) is 2.75. The maximum atomic E-state index is 12.6. The van der Waals surface area contributed by atoms with Crippen molar-refractivity contribution in [1.29, 1.82) is 0 Å². The number of anilines is 1. The van der Waals surface area contributed by atoms with Crippen molar-refractivity contribution in [2.45, 2.75) is 12.3 Å². The fourth-order valence-electron chi connectivity index (χ4n) is 3.13. The van der Waals surface area contributed by atoms with Crippen molar-refractivity contribution in [2.24, 2.45) is 7.05 Å². The van der Waals surface area contributed by atoms with E-state index in [9.17, 15) is 14.4 Å². The second-order valence-electron chi connectivity index (χ2n) is 6.87. The third-order valence-corrected chi connectivity index (χ3v) is 4.85. The molecule has 3 aromatic rings. The first kappa shape index (κ1) is 21.8. The van der Waals surface area contributed by atoms with Crippen LogP contribution in [-0.2, 0) is 21.4 Å². The van der Waals surface area contributed by atoms with Crippen LogP contribution in [0.15, 0.2) is 60.9 Å². The minimum Gasteiger partial charge on any atom is -0.497 e. The van der Waals surface area contributed by atoms with Crippen LogP contribution in [0.25, 0.3) is 0 Å². The molecule has 1 aromatic heterocycles. The zero-order valence-corrected chi connectivity index (χ0v) is 17.5. The van der Waals surface area contributed by atoms with Gasteiger partial charge in [0.25, 0.3) is 0 Å². The van der Waals surface area contributed by atoms with Gasteiger partial charge < -0.3 is 19.4 Å². The van der Waals surface area contributed by atoms with Crippen molar-refractivity contribution in [3.63, 3.8) is 0 Å². The highest BCUT2D eigenvalue weighted by Gasteiger charge is 2.25. The predicted molar refractivity (Wildman–Crippen MR) is 114 cm³/mol. The van der Waals surface area contributed by atoms with Crippen molar-refractivity contribution >= 4 is 23.3 Å². The molecule has 0 fully saturated rings. The fourth-order valence-corrected chi connectivity index (χ4v) is 3.13. The Morgan fingerprint density at radius 3 is 2.26 bits per heavy atom. The molecule has 1 atom stereocenters. The molecule has 1 amide bonds. The van der Waals surface area contributed by atoms with Gasteiger partial charge in [-0.1, -0.05) is 12.1 Å². The number of hydrogen-bond acceptors (Lipinski definition) is 6. The van der Waals surface area contributed by atoms with Crippen LogP contribution in [0.1, 0.15) is 34.1 Å². The van der Waals surface area contributed by atoms with Gasteiger partial charge in [-0.15, -0.1) is 0 Å². The van der Waals surface area contributed by atoms with Gasteiger partial charge in [0, 0.05) is 37.1 Å². The standard InChI is InChI=1S/C23H23N3O5/c1-26-13-12-24-22(26)21(28)16-4-8-17(9-5-16)25-20(27)14-19(23(29)31-3)15-6-10-18(30-2)11-7-15/h4-13,19H,14H2,1-3H3,(H,25,27). The summed E-state index contributed by atoms with van der Waals surface area (Å²) in [6.07, 6.45) is 3.16. The molecule has 1 unspecified atom stereocenters. The monoisotopic (exact) mass is 421 g/mol. The number of carbonyl (C=O) groups is 3. The molecule has 0 saturated heterocycles. The van der Waals surface area contributed by atoms with E-state index in [1.165, 1.54) is 7.11 Å². The van der Waals surface area contributed by atoms with E-state index in [1.807, 2.05) is 0 Å². The Morgan fingerprint density at radius 1 is 1.03 bits per heavy atom. The Hall–Kier alpha value is -3.94. The maximum absolute atomic E-state index is 12.6. The number of esters is 1. The largest absolute Gasteiger partial charge is 0.497 e. The lowest BCUT2D eigenvalue weighted by Gasteiger charge is -2.15. The van der Waals surface area contributed by atoms with Crippen LogP contribution in [0.5, 0.6) is 5.75 Å². The van der Waals surface area contributed by atoms with Crippen LogP contribution >= 0.6 is 0 Å². The number of hydrogen-bond donors (Lipinski definition) is 1. The maximum Gasteiger partial charge on any atom is 0.313 e. The molecule has 0 spiro atoms. The SMILES string of the molecule is COC(=O)C(CC(=O)Nc1ccc(C(=O)c2nccn2C)cc1)c1ccc(OC)cc1. The number of carbonyl (C=O) groups excluding carboxylic acids is 3. The van der Waals surface area contributed by atoms with E-state index in [0.717, 1.165) is 0 Å². The van der Waals surface area contributed by atoms with Gasteiger partial charge in [-0.25, -0.2) is 4.98 Å². The molecule has 0 saturated carbocycles. The van der Waals surface area contributed by atoms with Gasteiger partial charge in [0.1, 0.15) is 5.75 Å². The number of aryl methyl sites for hydroxylation is 1. The summed E-state index contributed by atoms with van der Waals surface area (Å²) in [4.78, 5) is 41.3. The zero-order valence-electron chi connectivity index (χ0n) is 17.5. The fraction of sp³-hybridized carbons (Fsp3) is 0.217. The quantitative estimate of drug-likeness (QED) is 0.443. The van der Waals surface area contributed by atoms with E-state index < -0.39 is 11.9 Å². The van der Waals surface area contributed by atoms with Gasteiger partial charge in [0.05, 0.1) is 20.1 Å². The molecular weight excluding hydrogens is 398 g/mol. The molecule has 8 heteroatoms. The molecule has 0 aliphatic rings. The van der Waals surface area contributed by atoms with Crippen LogP contribution in [-0.4, -0.2) is 41.4 Å². The summed E-state index contributed by atoms with van der Waals surface area (Å²) in [6, 6.07) is 13.4. The lowest BCUT2D eigenvalue weighted by Crippen LogP contribution is -2.22. The molecule has 0 aliphatic heterocycles. The third kappa shape index (κ3) is 5.16. The average Bonchev–Trinajstić information content (AvgIpc) is 3.23. The highest BCUT2D eigenvalue weighted by atomic mass is 16.5. The van der Waals surface area contributed by atoms with Crippen molar-refractivity contribution in [3.8, 4) is 5.75 Å². The van der Waals surface area contributed by atoms with Crippen LogP contribution in [0.4, 0.5) is 5.69 Å². The molecule has 31 heavy (non-hydrogen) atoms. The lowest BCUT2D eigenvalue weighted by atomic mass is 9.95. The number of imidazole rings is 1. The first-order valence-electron chi connectivity index (χ1n) is 9.56. The van der Waals surface area contributed by atoms with E-state index in [4.69, 9.17) is 9.47 Å². The Bertz CT molecular complexity index is 1070. The van der Waals surface area contributed by atoms with Crippen LogP contribution in [0.2, 0.25) is 0 Å². The molecule has 8 nitrogen and oxygen atoms in total. The molecule has 1 N–H and O–H groups in total. The molecule has 3 rings (SSSR count). The molecule has 160 valence electrons. The third-order valence-electron chi connectivity index (χ3n) is 4.85. The van der Waals surface area contributed by atoms with Crippen molar-refractivity contribution in [2.75, 3.05) is 19.5 Å². The van der Waals surface area contributed by atoms with Gasteiger partial charge in [0.15, 0.2) is 5.82 Å². The number of ketones is 1. The van der Waals surface area contributed by atoms with E-state index in [0.29, 0.717) is 28.4 Å². The number of nitrogens with zero attached hydrogens (tertiary/aromatic N) is 2. The summed E-state index contributed by atoms with van der Waals surface area (Å²) in [7, 11) is 4.58. The van der Waals surface area contributed by atoms with E-state index >= 15 is 0 Å². The second-order valence-corrected chi connectivity index (χ2v) is 6.87. The smallest absolute Gasteiger partial charge is 0.313 e. The Balaban J connectivity index is 1.68. The van der Waals surface area contributed by atoms with Gasteiger partial charge in [0.2, 0.25) is 11.7 Å². The Labute approximate surface area is 179 Å². The number of benzene rings is 2. The minimum absolute atomic E-state index is 0.0903. The molecule has 2 aromatic carbocycles. The summed E-state index contributed by atoms with van der Waals surface area (Å²) in [6.45, 7) is 0. The van der Waals surface area contributed by atoms with Crippen LogP contribution in [0.3, 0.4) is 0 Å². The first-order chi connectivity index (χ1) is 14.9. The van der Waals surface area contributed by atoms with E-state index in [1.54, 1.807) is 79.6 Å². The molecule has 1 heterocycles. The zero-order chi connectivity index (χ0) is 22.4. The number of nitrogens with one attached hydrogen (secondary N) is 1. The predicted octanol–water partition coefficient (Wildman–Crippen LogP) is 2.95. The van der Waals surface area contributed by atoms with E-state index in [2.05, 4.69) is 10.3 Å². The van der Waals surface area contributed by atoms with Crippen LogP contribution < -0.4 is 10.1 Å². The van der Waals surface area contributed by atoms with Gasteiger partial charge in [-0.05, 0) is 42.0 Å². The summed E-state index contributed by atoms with van der Waals surface area (Å²) in [5.41, 5.74) is 1.62. The summed E-state index contributed by atoms with van der Waals surface area (Å²) >= 11 is 0. The van der Waals surface area contributed by atoms with Gasteiger partial charge in [-0.3, -0.25) is 14.4 Å². The molecule has 0 aliphatic carbocycles. The van der Waals surface area contributed by atoms with E-state index in [-0.39, 0.29) is 18.1 Å². The second kappa shape index (κ2) is 9.71. The Morgan fingerprint density at radius 2 is 1.71 bits per heavy atom. The molecule has 0 radical (unpaired) electrons.